The maximum Gasteiger partial charge on any atom is 0.305 e. The van der Waals surface area contributed by atoms with E-state index in [4.69, 9.17) is 47.4 Å². The molecule has 30 heteroatoms. The zero-order valence-electron chi connectivity index (χ0n) is 39.0. The van der Waals surface area contributed by atoms with Gasteiger partial charge in [-0.3, -0.25) is 19.2 Å². The van der Waals surface area contributed by atoms with Crippen molar-refractivity contribution in [2.24, 2.45) is 5.41 Å². The van der Waals surface area contributed by atoms with Crippen molar-refractivity contribution in [2.75, 3.05) is 112 Å². The Morgan fingerprint density at radius 1 is 0.394 bits per heavy atom. The van der Waals surface area contributed by atoms with Crippen molar-refractivity contribution < 1.29 is 133 Å². The van der Waals surface area contributed by atoms with E-state index in [1.54, 1.807) is 0 Å². The number of carbonyl (C=O) groups is 4. The first kappa shape index (κ1) is 62.3. The van der Waals surface area contributed by atoms with Crippen LogP contribution >= 0.6 is 0 Å². The molecule has 3 rings (SSSR count). The van der Waals surface area contributed by atoms with E-state index in [0.29, 0.717) is 0 Å². The molecule has 71 heavy (non-hydrogen) atoms. The van der Waals surface area contributed by atoms with Gasteiger partial charge in [0.2, 0.25) is 17.7 Å². The van der Waals surface area contributed by atoms with Gasteiger partial charge in [-0.25, -0.2) is 0 Å². The first-order valence-corrected chi connectivity index (χ1v) is 23.0. The molecule has 0 unspecified atom stereocenters. The van der Waals surface area contributed by atoms with Crippen molar-refractivity contribution in [3.63, 3.8) is 0 Å². The number of hydrogen-bond donors (Lipinski definition) is 16. The molecule has 3 amide bonds. The van der Waals surface area contributed by atoms with E-state index in [1.807, 2.05) is 0 Å². The van der Waals surface area contributed by atoms with Gasteiger partial charge in [0.1, 0.15) is 73.2 Å². The summed E-state index contributed by atoms with van der Waals surface area (Å²) in [5.41, 5.74) is -1.22. The molecule has 15 atom stereocenters. The molecular formula is C41H73N3O27. The highest BCUT2D eigenvalue weighted by Crippen LogP contribution is 2.25. The zero-order valence-corrected chi connectivity index (χ0v) is 39.0. The van der Waals surface area contributed by atoms with Gasteiger partial charge in [-0.05, 0) is 0 Å². The molecule has 0 aromatic rings. The lowest BCUT2D eigenvalue weighted by atomic mass is 9.92. The van der Waals surface area contributed by atoms with Crippen molar-refractivity contribution in [3.8, 4) is 0 Å². The minimum Gasteiger partial charge on any atom is -0.481 e. The highest BCUT2D eigenvalue weighted by molar-refractivity contribution is 5.76. The fourth-order valence-electron chi connectivity index (χ4n) is 7.04. The summed E-state index contributed by atoms with van der Waals surface area (Å²) in [7, 11) is 0. The maximum atomic E-state index is 12.6. The Hall–Kier alpha value is -3.00. The molecule has 0 spiro atoms. The summed E-state index contributed by atoms with van der Waals surface area (Å²) in [6, 6.07) is 0. The van der Waals surface area contributed by atoms with E-state index < -0.39 is 141 Å². The van der Waals surface area contributed by atoms with Crippen molar-refractivity contribution in [1.82, 2.24) is 16.0 Å². The standard InChI is InChI=1S/C41H73N3O27/c45-15-22-29(53)32(56)35(59)38(69-22)66-12-5-42-25(48)1-8-62-18-41(21-65-11-4-28(51)52,19-63-9-2-26(49)43-6-13-67-39-36(60)33(57)30(54)23(16-46)70-39)20-64-10-3-27(50)44-7-14-68-40-37(61)34(58)31(55)24(17-47)71-40/h22-24,29-40,45-47,53-61H,1-21H2,(H,42,48)(H,43,49)(H,44,50)(H,51,52)/t22-,23-,24-,29-,30-,31-,32+,33+,34+,35+,36+,37+,38-,39-,40-/m1/s1. The maximum absolute atomic E-state index is 12.6. The minimum atomic E-state index is -1.65. The van der Waals surface area contributed by atoms with Gasteiger partial charge in [0.25, 0.3) is 0 Å². The third-order valence-electron chi connectivity index (χ3n) is 11.2. The predicted octanol–water partition coefficient (Wildman–Crippen LogP) is -9.52. The molecule has 0 aliphatic carbocycles. The van der Waals surface area contributed by atoms with Crippen LogP contribution in [0.5, 0.6) is 0 Å². The number of hydrogen-bond acceptors (Lipinski definition) is 26. The molecule has 0 saturated carbocycles. The number of ether oxygens (including phenoxy) is 10. The van der Waals surface area contributed by atoms with Gasteiger partial charge < -0.3 is 130 Å². The van der Waals surface area contributed by atoms with Crippen molar-refractivity contribution in [1.29, 1.82) is 0 Å². The van der Waals surface area contributed by atoms with E-state index >= 15 is 0 Å². The fourth-order valence-corrected chi connectivity index (χ4v) is 7.04. The van der Waals surface area contributed by atoms with E-state index in [9.17, 15) is 85.6 Å². The SMILES string of the molecule is O=C(O)CCOCC(COCCC(=O)NCCO[C@@H]1O[C@H](CO)[C@@H](O)[C@H](O)[C@@H]1O)(COCCC(=O)NCCO[C@@H]1O[C@H](CO)[C@@H](O)[C@H](O)[C@@H]1O)COCCC(=O)NCCO[C@@H]1O[C@H](CO)[C@@H](O)[C@H](O)[C@@H]1O. The number of aliphatic hydroxyl groups is 12. The fraction of sp³-hybridized carbons (Fsp3) is 0.902. The summed E-state index contributed by atoms with van der Waals surface area (Å²) >= 11 is 0. The van der Waals surface area contributed by atoms with Crippen LogP contribution in [0.4, 0.5) is 0 Å². The predicted molar refractivity (Wildman–Crippen MR) is 230 cm³/mol. The van der Waals surface area contributed by atoms with Gasteiger partial charge in [-0.2, -0.15) is 0 Å². The Morgan fingerprint density at radius 3 is 0.915 bits per heavy atom. The average molecular weight is 1040 g/mol. The molecule has 16 N–H and O–H groups in total. The van der Waals surface area contributed by atoms with Crippen LogP contribution in [-0.4, -0.2) is 294 Å². The molecule has 3 fully saturated rings. The molecule has 0 aromatic carbocycles. The summed E-state index contributed by atoms with van der Waals surface area (Å²) in [4.78, 5) is 49.1. The molecule has 3 saturated heterocycles. The summed E-state index contributed by atoms with van der Waals surface area (Å²) < 4.78 is 55.2. The molecule has 0 aromatic heterocycles. The Morgan fingerprint density at radius 2 is 0.662 bits per heavy atom. The third-order valence-corrected chi connectivity index (χ3v) is 11.2. The van der Waals surface area contributed by atoms with Crippen LogP contribution in [0.25, 0.3) is 0 Å². The molecule has 0 bridgehead atoms. The largest absolute Gasteiger partial charge is 0.481 e. The molecule has 0 radical (unpaired) electrons. The van der Waals surface area contributed by atoms with E-state index in [0.717, 1.165) is 0 Å². The van der Waals surface area contributed by atoms with Gasteiger partial charge in [0.15, 0.2) is 18.9 Å². The van der Waals surface area contributed by atoms with Crippen LogP contribution in [0.3, 0.4) is 0 Å². The average Bonchev–Trinajstić information content (AvgIpc) is 3.35. The van der Waals surface area contributed by atoms with Crippen molar-refractivity contribution in [2.45, 2.75) is 118 Å². The number of amides is 3. The normalized spacial score (nSPS) is 31.2. The number of nitrogens with one attached hydrogen (secondary N) is 3. The monoisotopic (exact) mass is 1040 g/mol. The molecule has 3 aliphatic rings. The quantitative estimate of drug-likeness (QED) is 0.0262. The lowest BCUT2D eigenvalue weighted by molar-refractivity contribution is -0.300. The van der Waals surface area contributed by atoms with Gasteiger partial charge in [-0.15, -0.1) is 0 Å². The first-order chi connectivity index (χ1) is 33.9. The van der Waals surface area contributed by atoms with E-state index in [1.165, 1.54) is 0 Å². The van der Waals surface area contributed by atoms with Gasteiger partial charge in [0, 0.05) is 38.9 Å². The lowest BCUT2D eigenvalue weighted by Crippen LogP contribution is -2.59. The Balaban J connectivity index is 1.53. The second kappa shape index (κ2) is 33.0. The number of rotatable bonds is 35. The molecule has 3 heterocycles. The smallest absolute Gasteiger partial charge is 0.305 e. The number of aliphatic hydroxyl groups excluding tert-OH is 12. The summed E-state index contributed by atoms with van der Waals surface area (Å²) in [5, 5.41) is 135. The molecular weight excluding hydrogens is 966 g/mol. The second-order valence-corrected chi connectivity index (χ2v) is 16.9. The number of carbonyl (C=O) groups excluding carboxylic acids is 3. The summed E-state index contributed by atoms with van der Waals surface area (Å²) in [6.45, 7) is -4.35. The van der Waals surface area contributed by atoms with Crippen LogP contribution in [0.15, 0.2) is 0 Å². The van der Waals surface area contributed by atoms with Crippen molar-refractivity contribution in [3.05, 3.63) is 0 Å². The van der Waals surface area contributed by atoms with Crippen LogP contribution in [0.2, 0.25) is 0 Å². The van der Waals surface area contributed by atoms with Gasteiger partial charge in [0.05, 0.1) is 104 Å². The molecule has 3 aliphatic heterocycles. The highest BCUT2D eigenvalue weighted by Gasteiger charge is 2.46. The minimum absolute atomic E-state index is 0.0748. The summed E-state index contributed by atoms with van der Waals surface area (Å²) in [6.07, 6.45) is -23.2. The van der Waals surface area contributed by atoms with Gasteiger partial charge >= 0.3 is 5.97 Å². The van der Waals surface area contributed by atoms with Crippen LogP contribution in [0, 0.1) is 5.41 Å². The van der Waals surface area contributed by atoms with E-state index in [2.05, 4.69) is 16.0 Å². The van der Waals surface area contributed by atoms with Crippen LogP contribution in [-0.2, 0) is 66.5 Å². The van der Waals surface area contributed by atoms with Crippen LogP contribution in [0.1, 0.15) is 25.7 Å². The number of aliphatic carboxylic acids is 1. The van der Waals surface area contributed by atoms with Crippen molar-refractivity contribution >= 4 is 23.7 Å². The number of carboxylic acids is 1. The number of carboxylic acid groups (broad SMARTS) is 1. The zero-order chi connectivity index (χ0) is 52.5. The second-order valence-electron chi connectivity index (χ2n) is 16.9. The van der Waals surface area contributed by atoms with Gasteiger partial charge in [-0.1, -0.05) is 0 Å². The van der Waals surface area contributed by atoms with E-state index in [-0.39, 0.29) is 118 Å². The lowest BCUT2D eigenvalue weighted by Gasteiger charge is -2.39. The third kappa shape index (κ3) is 21.0. The highest BCUT2D eigenvalue weighted by atomic mass is 16.7. The molecule has 30 nitrogen and oxygen atoms in total. The Kier molecular flexibility index (Phi) is 29.0. The topological polar surface area (TPSA) is 460 Å². The Bertz CT molecular complexity index is 1380. The molecule has 414 valence electrons. The van der Waals surface area contributed by atoms with Crippen LogP contribution < -0.4 is 16.0 Å². The summed E-state index contributed by atoms with van der Waals surface area (Å²) in [5.74, 6) is -2.62. The Labute approximate surface area is 407 Å². The first-order valence-electron chi connectivity index (χ1n) is 23.0.